The van der Waals surface area contributed by atoms with E-state index in [2.05, 4.69) is 22.6 Å². The minimum Gasteiger partial charge on any atom is -0.338 e. The zero-order valence-corrected chi connectivity index (χ0v) is 14.0. The third kappa shape index (κ3) is 6.81. The molecule has 0 spiro atoms. The van der Waals surface area contributed by atoms with Crippen molar-refractivity contribution >= 4 is 24.2 Å². The summed E-state index contributed by atoms with van der Waals surface area (Å²) in [7, 11) is 0. The maximum Gasteiger partial charge on any atom is 0.240 e. The third-order valence-corrected chi connectivity index (χ3v) is 3.26. The number of hydrogen-bond donors (Lipinski definition) is 2. The Hall–Kier alpha value is -1.89. The van der Waals surface area contributed by atoms with Crippen molar-refractivity contribution in [3.05, 3.63) is 47.7 Å². The van der Waals surface area contributed by atoms with Gasteiger partial charge in [-0.3, -0.25) is 15.0 Å². The summed E-state index contributed by atoms with van der Waals surface area (Å²) < 4.78 is 4.98. The number of carbonyl (C=O) groups excluding carboxylic acids is 1. The van der Waals surface area contributed by atoms with Crippen molar-refractivity contribution < 1.29 is 9.32 Å². The van der Waals surface area contributed by atoms with E-state index in [-0.39, 0.29) is 24.9 Å². The Kier molecular flexibility index (Phi) is 8.32. The summed E-state index contributed by atoms with van der Waals surface area (Å²) in [5.74, 6) is 0.246. The normalized spacial score (nSPS) is 10.4. The lowest BCUT2D eigenvalue weighted by Crippen LogP contribution is -2.37. The first-order chi connectivity index (χ1) is 10.7. The minimum absolute atomic E-state index is 0. The first-order valence-electron chi connectivity index (χ1n) is 7.37. The van der Waals surface area contributed by atoms with Gasteiger partial charge in [-0.05, 0) is 18.9 Å². The number of aryl methyl sites for hydroxylation is 1. The highest BCUT2D eigenvalue weighted by Gasteiger charge is 2.12. The number of hydrogen-bond acceptors (Lipinski definition) is 5. The predicted octanol–water partition coefficient (Wildman–Crippen LogP) is 1.85. The largest absolute Gasteiger partial charge is 0.338 e. The number of nitrogens with zero attached hydrogens (tertiary/aromatic N) is 2. The van der Waals surface area contributed by atoms with E-state index < -0.39 is 0 Å². The molecule has 126 valence electrons. The highest BCUT2D eigenvalue weighted by molar-refractivity contribution is 5.90. The standard InChI is InChI=1S/C16H22N4O2.ClH/c1-13-11-16(22-19-13)18-15(21)12-20(10-8-17)9-7-14-5-3-2-4-6-14;/h2-6,11H,7-10,12,17H2,1H3,(H,18,21);1H. The zero-order valence-electron chi connectivity index (χ0n) is 13.2. The molecule has 2 aromatic rings. The van der Waals surface area contributed by atoms with Crippen LogP contribution in [0.1, 0.15) is 11.3 Å². The molecule has 0 aliphatic rings. The van der Waals surface area contributed by atoms with Crippen molar-refractivity contribution in [2.45, 2.75) is 13.3 Å². The summed E-state index contributed by atoms with van der Waals surface area (Å²) in [5, 5.41) is 6.44. The van der Waals surface area contributed by atoms with Gasteiger partial charge in [-0.1, -0.05) is 35.5 Å². The molecule has 0 atom stereocenters. The predicted molar refractivity (Wildman–Crippen MR) is 92.8 cm³/mol. The van der Waals surface area contributed by atoms with Gasteiger partial charge in [0.15, 0.2) is 0 Å². The molecule has 1 aromatic carbocycles. The molecule has 0 fully saturated rings. The molecule has 3 N–H and O–H groups in total. The van der Waals surface area contributed by atoms with Crippen LogP contribution in [-0.2, 0) is 11.2 Å². The Bertz CT molecular complexity index is 589. The number of benzene rings is 1. The monoisotopic (exact) mass is 338 g/mol. The van der Waals surface area contributed by atoms with Gasteiger partial charge in [-0.15, -0.1) is 12.4 Å². The van der Waals surface area contributed by atoms with Crippen LogP contribution in [0.3, 0.4) is 0 Å². The first kappa shape index (κ1) is 19.2. The van der Waals surface area contributed by atoms with E-state index in [1.165, 1.54) is 5.56 Å². The van der Waals surface area contributed by atoms with Gasteiger partial charge in [0, 0.05) is 25.7 Å². The molecule has 1 aromatic heterocycles. The average Bonchev–Trinajstić information content (AvgIpc) is 2.91. The maximum atomic E-state index is 12.0. The number of rotatable bonds is 8. The van der Waals surface area contributed by atoms with Crippen LogP contribution in [-0.4, -0.2) is 42.1 Å². The van der Waals surface area contributed by atoms with Crippen molar-refractivity contribution in [1.29, 1.82) is 0 Å². The van der Waals surface area contributed by atoms with Crippen LogP contribution in [0.4, 0.5) is 5.88 Å². The topological polar surface area (TPSA) is 84.4 Å². The average molecular weight is 339 g/mol. The zero-order chi connectivity index (χ0) is 15.8. The Balaban J connectivity index is 0.00000264. The van der Waals surface area contributed by atoms with Gasteiger partial charge in [0.2, 0.25) is 11.8 Å². The fourth-order valence-electron chi connectivity index (χ4n) is 2.19. The molecule has 0 saturated carbocycles. The van der Waals surface area contributed by atoms with Crippen LogP contribution in [0.25, 0.3) is 0 Å². The van der Waals surface area contributed by atoms with E-state index >= 15 is 0 Å². The van der Waals surface area contributed by atoms with Crippen LogP contribution >= 0.6 is 12.4 Å². The van der Waals surface area contributed by atoms with Crippen LogP contribution in [0, 0.1) is 6.92 Å². The Morgan fingerprint density at radius 1 is 1.30 bits per heavy atom. The molecule has 1 amide bonds. The maximum absolute atomic E-state index is 12.0. The van der Waals surface area contributed by atoms with Crippen LogP contribution in [0.5, 0.6) is 0 Å². The highest BCUT2D eigenvalue weighted by Crippen LogP contribution is 2.08. The van der Waals surface area contributed by atoms with Crippen LogP contribution < -0.4 is 11.1 Å². The summed E-state index contributed by atoms with van der Waals surface area (Å²) in [5.41, 5.74) is 7.61. The Morgan fingerprint density at radius 2 is 2.04 bits per heavy atom. The molecule has 0 aliphatic carbocycles. The number of amides is 1. The second kappa shape index (κ2) is 9.99. The summed E-state index contributed by atoms with van der Waals surface area (Å²) in [6, 6.07) is 11.9. The molecule has 2 rings (SSSR count). The molecular formula is C16H23ClN4O2. The summed E-state index contributed by atoms with van der Waals surface area (Å²) in [6.07, 6.45) is 0.884. The van der Waals surface area contributed by atoms with Gasteiger partial charge in [0.25, 0.3) is 0 Å². The van der Waals surface area contributed by atoms with E-state index in [9.17, 15) is 4.79 Å². The number of carbonyl (C=O) groups is 1. The van der Waals surface area contributed by atoms with E-state index in [1.54, 1.807) is 13.0 Å². The Labute approximate surface area is 142 Å². The van der Waals surface area contributed by atoms with Gasteiger partial charge in [-0.2, -0.15) is 0 Å². The van der Waals surface area contributed by atoms with Gasteiger partial charge < -0.3 is 10.3 Å². The van der Waals surface area contributed by atoms with E-state index in [4.69, 9.17) is 10.3 Å². The molecule has 7 heteroatoms. The summed E-state index contributed by atoms with van der Waals surface area (Å²) >= 11 is 0. The van der Waals surface area contributed by atoms with Crippen molar-refractivity contribution in [3.63, 3.8) is 0 Å². The van der Waals surface area contributed by atoms with Crippen LogP contribution in [0.2, 0.25) is 0 Å². The molecule has 0 aliphatic heterocycles. The van der Waals surface area contributed by atoms with Crippen molar-refractivity contribution in [1.82, 2.24) is 10.1 Å². The van der Waals surface area contributed by atoms with E-state index in [0.717, 1.165) is 18.7 Å². The molecule has 0 unspecified atom stereocenters. The lowest BCUT2D eigenvalue weighted by molar-refractivity contribution is -0.117. The second-order valence-corrected chi connectivity index (χ2v) is 5.18. The smallest absolute Gasteiger partial charge is 0.240 e. The van der Waals surface area contributed by atoms with Gasteiger partial charge >= 0.3 is 0 Å². The van der Waals surface area contributed by atoms with Crippen molar-refractivity contribution in [3.8, 4) is 0 Å². The van der Waals surface area contributed by atoms with E-state index in [0.29, 0.717) is 19.0 Å². The van der Waals surface area contributed by atoms with Gasteiger partial charge in [0.1, 0.15) is 0 Å². The number of anilines is 1. The lowest BCUT2D eigenvalue weighted by Gasteiger charge is -2.20. The molecule has 0 bridgehead atoms. The molecule has 23 heavy (non-hydrogen) atoms. The molecule has 0 radical (unpaired) electrons. The number of nitrogens with one attached hydrogen (secondary N) is 1. The van der Waals surface area contributed by atoms with Gasteiger partial charge in [-0.25, -0.2) is 0 Å². The lowest BCUT2D eigenvalue weighted by atomic mass is 10.1. The summed E-state index contributed by atoms with van der Waals surface area (Å²) in [6.45, 7) is 4.06. The third-order valence-electron chi connectivity index (χ3n) is 3.26. The fraction of sp³-hybridized carbons (Fsp3) is 0.375. The first-order valence-corrected chi connectivity index (χ1v) is 7.37. The van der Waals surface area contributed by atoms with Crippen molar-refractivity contribution in [2.24, 2.45) is 5.73 Å². The fourth-order valence-corrected chi connectivity index (χ4v) is 2.19. The quantitative estimate of drug-likeness (QED) is 0.767. The summed E-state index contributed by atoms with van der Waals surface area (Å²) in [4.78, 5) is 14.1. The minimum atomic E-state index is -0.127. The molecular weight excluding hydrogens is 316 g/mol. The SMILES string of the molecule is Cc1cc(NC(=O)CN(CCN)CCc2ccccc2)on1.Cl. The van der Waals surface area contributed by atoms with E-state index in [1.807, 2.05) is 23.1 Å². The molecule has 1 heterocycles. The van der Waals surface area contributed by atoms with Crippen molar-refractivity contribution in [2.75, 3.05) is 31.5 Å². The number of nitrogens with two attached hydrogens (primary N) is 1. The number of halogens is 1. The van der Waals surface area contributed by atoms with Gasteiger partial charge in [0.05, 0.1) is 12.2 Å². The molecule has 0 saturated heterocycles. The number of aromatic nitrogens is 1. The second-order valence-electron chi connectivity index (χ2n) is 5.18. The molecule has 6 nitrogen and oxygen atoms in total. The van der Waals surface area contributed by atoms with Crippen LogP contribution in [0.15, 0.2) is 40.9 Å². The Morgan fingerprint density at radius 3 is 2.65 bits per heavy atom. The highest BCUT2D eigenvalue weighted by atomic mass is 35.5.